The molecule has 18 nitrogen and oxygen atoms in total. The summed E-state index contributed by atoms with van der Waals surface area (Å²) in [4.78, 5) is 81.7. The Bertz CT molecular complexity index is 2290. The number of benzene rings is 1. The third kappa shape index (κ3) is 14.8. The number of nitrogens with zero attached hydrogens (tertiary/aromatic N) is 5. The summed E-state index contributed by atoms with van der Waals surface area (Å²) in [6.45, 7) is 8.29. The fraction of sp³-hybridized carbons (Fsp3) is 0.647. The highest BCUT2D eigenvalue weighted by Crippen LogP contribution is 2.38. The quantitative estimate of drug-likeness (QED) is 0.0788. The molecule has 6 atom stereocenters. The molecule has 2 aliphatic heterocycles. The van der Waals surface area contributed by atoms with Gasteiger partial charge in [0.15, 0.2) is 0 Å². The lowest BCUT2D eigenvalue weighted by Crippen LogP contribution is -2.59. The van der Waals surface area contributed by atoms with Crippen molar-refractivity contribution in [1.82, 2.24) is 46.0 Å². The van der Waals surface area contributed by atoms with Gasteiger partial charge in [-0.3, -0.25) is 29.0 Å². The molecular weight excluding hydrogens is 938 g/mol. The third-order valence-corrected chi connectivity index (χ3v) is 14.4. The van der Waals surface area contributed by atoms with Crippen LogP contribution in [0, 0.1) is 23.7 Å². The van der Waals surface area contributed by atoms with Crippen molar-refractivity contribution in [2.75, 3.05) is 78.2 Å². The summed E-state index contributed by atoms with van der Waals surface area (Å²) in [5.74, 6) is -0.399. The van der Waals surface area contributed by atoms with Crippen molar-refractivity contribution in [3.05, 3.63) is 60.2 Å². The van der Waals surface area contributed by atoms with E-state index in [0.29, 0.717) is 96.2 Å². The maximum absolute atomic E-state index is 14.0. The monoisotopic (exact) mass is 1010 g/mol. The molecule has 21 heteroatoms. The number of nitrogens with one attached hydrogen (secondary N) is 5. The number of ether oxygens (including phenoxy) is 3. The molecule has 394 valence electrons. The Balaban J connectivity index is 0.758. The lowest BCUT2D eigenvalue weighted by molar-refractivity contribution is -0.137. The Kier molecular flexibility index (Phi) is 19.5. The molecule has 5 amide bonds. The summed E-state index contributed by atoms with van der Waals surface area (Å²) >= 11 is 0. The van der Waals surface area contributed by atoms with Crippen molar-refractivity contribution in [2.45, 2.75) is 114 Å². The molecule has 4 aliphatic rings. The van der Waals surface area contributed by atoms with Crippen LogP contribution in [-0.4, -0.2) is 151 Å². The molecule has 7 rings (SSSR count). The largest absolute Gasteiger partial charge is 0.416 e. The fourth-order valence-electron chi connectivity index (χ4n) is 10.4. The Morgan fingerprint density at radius 1 is 0.875 bits per heavy atom. The minimum Gasteiger partial charge on any atom is -0.379 e. The molecule has 0 radical (unpaired) electrons. The van der Waals surface area contributed by atoms with Crippen molar-refractivity contribution < 1.29 is 51.4 Å². The highest BCUT2D eigenvalue weighted by Gasteiger charge is 2.44. The topological polar surface area (TPSA) is 218 Å². The van der Waals surface area contributed by atoms with Crippen molar-refractivity contribution in [3.63, 3.8) is 0 Å². The molecule has 3 aromatic rings. The van der Waals surface area contributed by atoms with Gasteiger partial charge in [-0.05, 0) is 99.6 Å². The lowest BCUT2D eigenvalue weighted by Gasteiger charge is -2.42. The highest BCUT2D eigenvalue weighted by atomic mass is 19.4. The van der Waals surface area contributed by atoms with Gasteiger partial charge in [-0.1, -0.05) is 19.9 Å². The van der Waals surface area contributed by atoms with Gasteiger partial charge in [-0.25, -0.2) is 9.97 Å². The van der Waals surface area contributed by atoms with E-state index >= 15 is 0 Å². The second-order valence-electron chi connectivity index (χ2n) is 19.9. The number of halogens is 3. The standard InChI is InChI=1S/C51H71F3N10O8/c1-32(2)28-57-37-11-13-43(64-18-14-41(50(64)69)61-47-38-25-36(51(52,53)54)10-12-40(38)59-31-60-47)42(26-37)62-48(67)34-8-6-33(7-9-34)29-58-44(65)15-19-70-21-23-72-24-22-71-20-17-56-49(68)39-27-45(66)63(3)46(39)35-5-4-16-55-30-35/h4-5,10,12,16,25,30-34,37,39,41-43,46,57H,6-9,11,13-15,17-24,26-29H2,1-3H3,(H,56,68)(H,58,65)(H,62,67)(H,59,60,61)/t33?,34?,37-,39+,41+,42-,43+,46-/m1/s1. The van der Waals surface area contributed by atoms with Crippen LogP contribution in [0.15, 0.2) is 49.1 Å². The van der Waals surface area contributed by atoms with E-state index in [4.69, 9.17) is 14.2 Å². The number of carbonyl (C=O) groups is 5. The molecule has 4 fully saturated rings. The molecule has 0 spiro atoms. The number of alkyl halides is 3. The number of hydrogen-bond acceptors (Lipinski definition) is 13. The Labute approximate surface area is 419 Å². The van der Waals surface area contributed by atoms with Crippen LogP contribution in [0.2, 0.25) is 0 Å². The van der Waals surface area contributed by atoms with Crippen molar-refractivity contribution in [3.8, 4) is 0 Å². The number of likely N-dealkylation sites (tertiary alicyclic amines) is 2. The maximum Gasteiger partial charge on any atom is 0.416 e. The number of anilines is 1. The molecule has 2 aliphatic carbocycles. The maximum atomic E-state index is 14.0. The van der Waals surface area contributed by atoms with Gasteiger partial charge in [-0.2, -0.15) is 13.2 Å². The highest BCUT2D eigenvalue weighted by molar-refractivity contribution is 5.93. The van der Waals surface area contributed by atoms with Gasteiger partial charge >= 0.3 is 6.18 Å². The van der Waals surface area contributed by atoms with Gasteiger partial charge in [-0.15, -0.1) is 0 Å². The molecular formula is C51H71F3N10O8. The smallest absolute Gasteiger partial charge is 0.379 e. The summed E-state index contributed by atoms with van der Waals surface area (Å²) in [7, 11) is 1.70. The fourth-order valence-corrected chi connectivity index (χ4v) is 10.4. The van der Waals surface area contributed by atoms with Crippen molar-refractivity contribution in [1.29, 1.82) is 0 Å². The van der Waals surface area contributed by atoms with E-state index in [1.54, 1.807) is 30.4 Å². The summed E-state index contributed by atoms with van der Waals surface area (Å²) in [5, 5.41) is 16.2. The van der Waals surface area contributed by atoms with Crippen LogP contribution in [0.4, 0.5) is 19.0 Å². The number of fused-ring (bicyclic) bond motifs is 1. The van der Waals surface area contributed by atoms with E-state index in [0.717, 1.165) is 43.5 Å². The van der Waals surface area contributed by atoms with Crippen molar-refractivity contribution in [2.24, 2.45) is 23.7 Å². The zero-order valence-electron chi connectivity index (χ0n) is 41.6. The van der Waals surface area contributed by atoms with Gasteiger partial charge in [0.1, 0.15) is 18.2 Å². The molecule has 72 heavy (non-hydrogen) atoms. The number of hydrogen-bond donors (Lipinski definition) is 5. The zero-order valence-corrected chi connectivity index (χ0v) is 41.6. The molecule has 4 heterocycles. The molecule has 0 bridgehead atoms. The first-order valence-electron chi connectivity index (χ1n) is 25.5. The SMILES string of the molecule is CC(C)CN[C@@H]1CC[C@H](N2CC[C@H](Nc3ncnc4ccc(C(F)(F)F)cc34)C2=O)[C@H](NC(=O)C2CCC(CNC(=O)CCOCCOCCOCCNC(=O)[C@H]3CC(=O)N(C)[C@@H]3c3cccnc3)CC2)C1. The van der Waals surface area contributed by atoms with Crippen LogP contribution in [-0.2, 0) is 44.4 Å². The number of amides is 5. The minimum atomic E-state index is -4.55. The molecule has 2 aromatic heterocycles. The molecule has 0 unspecified atom stereocenters. The number of pyridine rings is 1. The predicted molar refractivity (Wildman–Crippen MR) is 261 cm³/mol. The molecule has 2 saturated heterocycles. The number of rotatable bonds is 24. The molecule has 1 aromatic carbocycles. The van der Waals surface area contributed by atoms with Gasteiger partial charge in [0.05, 0.1) is 74.8 Å². The van der Waals surface area contributed by atoms with Gasteiger partial charge in [0.25, 0.3) is 0 Å². The summed E-state index contributed by atoms with van der Waals surface area (Å²) < 4.78 is 57.5. The predicted octanol–water partition coefficient (Wildman–Crippen LogP) is 4.41. The van der Waals surface area contributed by atoms with E-state index in [2.05, 4.69) is 55.4 Å². The van der Waals surface area contributed by atoms with Crippen LogP contribution in [0.1, 0.15) is 95.2 Å². The zero-order chi connectivity index (χ0) is 51.2. The van der Waals surface area contributed by atoms with Crippen LogP contribution in [0.25, 0.3) is 10.9 Å². The minimum absolute atomic E-state index is 0.0235. The van der Waals surface area contributed by atoms with Crippen LogP contribution < -0.4 is 26.6 Å². The van der Waals surface area contributed by atoms with E-state index in [1.807, 2.05) is 11.0 Å². The Morgan fingerprint density at radius 3 is 2.35 bits per heavy atom. The van der Waals surface area contributed by atoms with Gasteiger partial charge in [0.2, 0.25) is 29.5 Å². The molecule has 2 saturated carbocycles. The van der Waals surface area contributed by atoms with E-state index in [-0.39, 0.29) is 96.2 Å². The Hall–Kier alpha value is -5.51. The van der Waals surface area contributed by atoms with Crippen molar-refractivity contribution >= 4 is 46.3 Å². The average molecular weight is 1010 g/mol. The van der Waals surface area contributed by atoms with Crippen LogP contribution in [0.3, 0.4) is 0 Å². The van der Waals surface area contributed by atoms with E-state index in [9.17, 15) is 37.1 Å². The second kappa shape index (κ2) is 25.9. The third-order valence-electron chi connectivity index (χ3n) is 14.4. The normalized spacial score (nSPS) is 24.8. The lowest BCUT2D eigenvalue weighted by atomic mass is 9.80. The Morgan fingerprint density at radius 2 is 1.62 bits per heavy atom. The van der Waals surface area contributed by atoms with E-state index in [1.165, 1.54) is 12.4 Å². The summed E-state index contributed by atoms with van der Waals surface area (Å²) in [5.41, 5.74) is 0.333. The average Bonchev–Trinajstić information content (AvgIpc) is 3.88. The number of carbonyl (C=O) groups excluding carboxylic acids is 5. The first-order chi connectivity index (χ1) is 34.7. The van der Waals surface area contributed by atoms with Crippen LogP contribution >= 0.6 is 0 Å². The molecule has 5 N–H and O–H groups in total. The first kappa shape index (κ1) is 54.3. The first-order valence-corrected chi connectivity index (χ1v) is 25.5. The van der Waals surface area contributed by atoms with E-state index < -0.39 is 23.7 Å². The van der Waals surface area contributed by atoms with Crippen LogP contribution in [0.5, 0.6) is 0 Å². The summed E-state index contributed by atoms with van der Waals surface area (Å²) in [6.07, 6.45) is 6.02. The summed E-state index contributed by atoms with van der Waals surface area (Å²) in [6, 6.07) is 5.55. The second-order valence-corrected chi connectivity index (χ2v) is 19.9. The number of aromatic nitrogens is 3. The van der Waals surface area contributed by atoms with Gasteiger partial charge in [0, 0.05) is 69.3 Å². The van der Waals surface area contributed by atoms with Gasteiger partial charge < -0.3 is 50.6 Å².